The van der Waals surface area contributed by atoms with Crippen molar-refractivity contribution in [2.45, 2.75) is 46.0 Å². The zero-order valence-electron chi connectivity index (χ0n) is 15.1. The fourth-order valence-corrected chi connectivity index (χ4v) is 2.44. The Morgan fingerprint density at radius 3 is 2.44 bits per heavy atom. The second kappa shape index (κ2) is 6.23. The van der Waals surface area contributed by atoms with Gasteiger partial charge in [-0.1, -0.05) is 58.9 Å². The number of nitrogens with zero attached hydrogens (tertiary/aromatic N) is 6. The summed E-state index contributed by atoms with van der Waals surface area (Å²) in [6.45, 7) is 10.1. The quantitative estimate of drug-likeness (QED) is 0.688. The van der Waals surface area contributed by atoms with Crippen LogP contribution in [0.1, 0.15) is 57.4 Å². The largest absolute Gasteiger partial charge is 0.298 e. The lowest BCUT2D eigenvalue weighted by molar-refractivity contribution is 0.529. The van der Waals surface area contributed by atoms with Gasteiger partial charge in [-0.25, -0.2) is 0 Å². The minimum Gasteiger partial charge on any atom is -0.265 e. The molecule has 1 aromatic carbocycles. The van der Waals surface area contributed by atoms with Gasteiger partial charge in [-0.3, -0.25) is 4.79 Å². The summed E-state index contributed by atoms with van der Waals surface area (Å²) in [7, 11) is 0. The van der Waals surface area contributed by atoms with Crippen molar-refractivity contribution >= 4 is 12.0 Å². The third-order valence-electron chi connectivity index (χ3n) is 3.94. The Morgan fingerprint density at radius 2 is 1.84 bits per heavy atom. The molecule has 2 heterocycles. The van der Waals surface area contributed by atoms with E-state index in [9.17, 15) is 4.79 Å². The molecule has 0 aliphatic rings. The van der Waals surface area contributed by atoms with Crippen molar-refractivity contribution in [3.05, 3.63) is 57.8 Å². The fourth-order valence-electron chi connectivity index (χ4n) is 2.44. The van der Waals surface area contributed by atoms with E-state index in [1.54, 1.807) is 6.21 Å². The van der Waals surface area contributed by atoms with Gasteiger partial charge in [0.1, 0.15) is 12.0 Å². The molecule has 25 heavy (non-hydrogen) atoms. The lowest BCUT2D eigenvalue weighted by atomic mass is 9.93. The van der Waals surface area contributed by atoms with Gasteiger partial charge in [0.05, 0.1) is 6.21 Å². The number of benzene rings is 1. The first kappa shape index (κ1) is 17.0. The lowest BCUT2D eigenvalue weighted by Gasteiger charge is -2.16. The molecular weight excluding hydrogens is 316 g/mol. The molecule has 7 heteroatoms. The molecule has 0 aliphatic carbocycles. The van der Waals surface area contributed by atoms with Crippen LogP contribution < -0.4 is 5.56 Å². The van der Waals surface area contributed by atoms with E-state index in [1.165, 1.54) is 21.1 Å². The second-order valence-corrected chi connectivity index (χ2v) is 7.36. The summed E-state index contributed by atoms with van der Waals surface area (Å²) in [5.41, 5.74) is 1.87. The van der Waals surface area contributed by atoms with E-state index in [4.69, 9.17) is 0 Å². The second-order valence-electron chi connectivity index (χ2n) is 7.36. The third kappa shape index (κ3) is 3.35. The summed E-state index contributed by atoms with van der Waals surface area (Å²) >= 11 is 0. The molecule has 0 aliphatic heterocycles. The maximum Gasteiger partial charge on any atom is 0.298 e. The maximum atomic E-state index is 12.8. The molecule has 3 aromatic rings. The SMILES string of the molecule is CC(C)c1ccc(/C=N/n2c(=O)c(C(C)(C)C)nn3cnnc23)cc1. The van der Waals surface area contributed by atoms with Crippen LogP contribution in [0.5, 0.6) is 0 Å². The Hall–Kier alpha value is -2.83. The summed E-state index contributed by atoms with van der Waals surface area (Å²) in [5, 5.41) is 16.5. The molecule has 0 radical (unpaired) electrons. The summed E-state index contributed by atoms with van der Waals surface area (Å²) in [4.78, 5) is 12.8. The highest BCUT2D eigenvalue weighted by Gasteiger charge is 2.23. The Balaban J connectivity index is 2.07. The Bertz CT molecular complexity index is 973. The van der Waals surface area contributed by atoms with Crippen LogP contribution in [-0.4, -0.2) is 30.7 Å². The van der Waals surface area contributed by atoms with E-state index < -0.39 is 5.41 Å². The Kier molecular flexibility index (Phi) is 4.24. The van der Waals surface area contributed by atoms with Crippen LogP contribution in [0.15, 0.2) is 40.5 Å². The van der Waals surface area contributed by atoms with Gasteiger partial charge in [0.15, 0.2) is 0 Å². The van der Waals surface area contributed by atoms with Gasteiger partial charge in [0, 0.05) is 5.41 Å². The van der Waals surface area contributed by atoms with Crippen LogP contribution >= 0.6 is 0 Å². The molecular formula is C18H22N6O. The molecule has 0 spiro atoms. The number of hydrogen-bond acceptors (Lipinski definition) is 5. The monoisotopic (exact) mass is 338 g/mol. The van der Waals surface area contributed by atoms with E-state index in [1.807, 2.05) is 32.9 Å². The predicted octanol–water partition coefficient (Wildman–Crippen LogP) is 2.59. The van der Waals surface area contributed by atoms with Crippen molar-refractivity contribution in [1.82, 2.24) is 24.5 Å². The molecule has 0 amide bonds. The van der Waals surface area contributed by atoms with Gasteiger partial charge < -0.3 is 0 Å². The Labute approximate surface area is 146 Å². The molecule has 0 saturated heterocycles. The summed E-state index contributed by atoms with van der Waals surface area (Å²) in [5.74, 6) is 0.756. The van der Waals surface area contributed by atoms with Crippen molar-refractivity contribution in [3.8, 4) is 0 Å². The van der Waals surface area contributed by atoms with Crippen molar-refractivity contribution in [1.29, 1.82) is 0 Å². The molecule has 0 unspecified atom stereocenters. The van der Waals surface area contributed by atoms with E-state index in [-0.39, 0.29) is 11.3 Å². The molecule has 0 fully saturated rings. The van der Waals surface area contributed by atoms with Crippen LogP contribution in [0.2, 0.25) is 0 Å². The molecule has 2 aromatic heterocycles. The van der Waals surface area contributed by atoms with Crippen molar-refractivity contribution in [2.75, 3.05) is 0 Å². The number of fused-ring (bicyclic) bond motifs is 1. The van der Waals surface area contributed by atoms with Crippen LogP contribution in [0, 0.1) is 0 Å². The zero-order chi connectivity index (χ0) is 18.2. The van der Waals surface area contributed by atoms with Gasteiger partial charge >= 0.3 is 0 Å². The van der Waals surface area contributed by atoms with Crippen LogP contribution in [0.3, 0.4) is 0 Å². The summed E-state index contributed by atoms with van der Waals surface area (Å²) in [6, 6.07) is 8.09. The van der Waals surface area contributed by atoms with Gasteiger partial charge in [0.25, 0.3) is 11.3 Å². The highest BCUT2D eigenvalue weighted by atomic mass is 16.1. The van der Waals surface area contributed by atoms with Gasteiger partial charge in [-0.2, -0.15) is 19.4 Å². The topological polar surface area (TPSA) is 77.4 Å². The molecule has 3 rings (SSSR count). The first-order chi connectivity index (χ1) is 11.8. The standard InChI is InChI=1S/C18H22N6O/c1-12(2)14-8-6-13(7-9-14)10-20-24-16(25)15(18(3,4)5)22-23-11-19-21-17(23)24/h6-12H,1-5H3/b20-10+. The molecule has 7 nitrogen and oxygen atoms in total. The minimum absolute atomic E-state index is 0.285. The number of aromatic nitrogens is 5. The maximum absolute atomic E-state index is 12.8. The van der Waals surface area contributed by atoms with Gasteiger partial charge in [0.2, 0.25) is 0 Å². The normalized spacial score (nSPS) is 12.6. The molecule has 0 N–H and O–H groups in total. The first-order valence-corrected chi connectivity index (χ1v) is 8.25. The van der Waals surface area contributed by atoms with Gasteiger partial charge in [-0.05, 0) is 17.0 Å². The molecule has 0 saturated carbocycles. The Morgan fingerprint density at radius 1 is 1.16 bits per heavy atom. The third-order valence-corrected chi connectivity index (χ3v) is 3.94. The lowest BCUT2D eigenvalue weighted by Crippen LogP contribution is -2.33. The number of rotatable bonds is 3. The highest BCUT2D eigenvalue weighted by Crippen LogP contribution is 2.16. The summed E-state index contributed by atoms with van der Waals surface area (Å²) < 4.78 is 2.72. The number of hydrogen-bond donors (Lipinski definition) is 0. The van der Waals surface area contributed by atoms with Crippen molar-refractivity contribution < 1.29 is 0 Å². The van der Waals surface area contributed by atoms with E-state index >= 15 is 0 Å². The van der Waals surface area contributed by atoms with E-state index in [0.717, 1.165) is 5.56 Å². The fraction of sp³-hybridized carbons (Fsp3) is 0.389. The molecule has 0 bridgehead atoms. The van der Waals surface area contributed by atoms with Crippen molar-refractivity contribution in [3.63, 3.8) is 0 Å². The van der Waals surface area contributed by atoms with Crippen LogP contribution in [0.25, 0.3) is 5.78 Å². The summed E-state index contributed by atoms with van der Waals surface area (Å²) in [6.07, 6.45) is 3.11. The smallest absolute Gasteiger partial charge is 0.265 e. The average molecular weight is 338 g/mol. The molecule has 0 atom stereocenters. The van der Waals surface area contributed by atoms with Gasteiger partial charge in [-0.15, -0.1) is 10.2 Å². The van der Waals surface area contributed by atoms with Crippen LogP contribution in [-0.2, 0) is 5.41 Å². The highest BCUT2D eigenvalue weighted by molar-refractivity contribution is 5.79. The predicted molar refractivity (Wildman–Crippen MR) is 97.3 cm³/mol. The first-order valence-electron chi connectivity index (χ1n) is 8.25. The minimum atomic E-state index is -0.411. The van der Waals surface area contributed by atoms with E-state index in [2.05, 4.69) is 46.4 Å². The molecule has 130 valence electrons. The van der Waals surface area contributed by atoms with Crippen molar-refractivity contribution in [2.24, 2.45) is 5.10 Å². The van der Waals surface area contributed by atoms with E-state index in [0.29, 0.717) is 11.6 Å². The average Bonchev–Trinajstić information content (AvgIpc) is 3.01. The van der Waals surface area contributed by atoms with Crippen LogP contribution in [0.4, 0.5) is 0 Å². The zero-order valence-corrected chi connectivity index (χ0v) is 15.1.